The fourth-order valence-electron chi connectivity index (χ4n) is 3.44. The molecule has 0 fully saturated rings. The highest BCUT2D eigenvalue weighted by atomic mass is 35.5. The number of fused-ring (bicyclic) bond motifs is 1. The first-order chi connectivity index (χ1) is 14.9. The SMILES string of the molecule is COCc1nn2c(c1-c1ccc(F)cc1)NC(=O)C2CC(=O)Nc1ccc(F)c(Cl)c1. The lowest BCUT2D eigenvalue weighted by Crippen LogP contribution is -2.24. The zero-order valence-corrected chi connectivity index (χ0v) is 17.0. The van der Waals surface area contributed by atoms with Crippen LogP contribution in [0.5, 0.6) is 0 Å². The van der Waals surface area contributed by atoms with Crippen molar-refractivity contribution < 1.29 is 23.1 Å². The number of anilines is 2. The van der Waals surface area contributed by atoms with E-state index < -0.39 is 23.7 Å². The number of hydrogen-bond acceptors (Lipinski definition) is 4. The number of nitrogens with one attached hydrogen (secondary N) is 2. The van der Waals surface area contributed by atoms with E-state index in [-0.39, 0.29) is 23.9 Å². The molecular weight excluding hydrogens is 430 g/mol. The van der Waals surface area contributed by atoms with Crippen molar-refractivity contribution in [3.63, 3.8) is 0 Å². The number of carbonyl (C=O) groups excluding carboxylic acids is 2. The highest BCUT2D eigenvalue weighted by molar-refractivity contribution is 6.31. The van der Waals surface area contributed by atoms with Gasteiger partial charge in [-0.3, -0.25) is 9.59 Å². The molecule has 2 N–H and O–H groups in total. The van der Waals surface area contributed by atoms with Gasteiger partial charge in [0.1, 0.15) is 23.5 Å². The highest BCUT2D eigenvalue weighted by Gasteiger charge is 2.37. The van der Waals surface area contributed by atoms with Crippen LogP contribution in [0.25, 0.3) is 11.1 Å². The molecule has 0 spiro atoms. The van der Waals surface area contributed by atoms with Crippen LogP contribution in [0.3, 0.4) is 0 Å². The van der Waals surface area contributed by atoms with E-state index in [0.717, 1.165) is 6.07 Å². The summed E-state index contributed by atoms with van der Waals surface area (Å²) in [6, 6.07) is 8.68. The zero-order chi connectivity index (χ0) is 22.1. The number of amides is 2. The Balaban J connectivity index is 1.61. The third kappa shape index (κ3) is 4.14. The van der Waals surface area contributed by atoms with Gasteiger partial charge in [0.15, 0.2) is 0 Å². The van der Waals surface area contributed by atoms with Gasteiger partial charge in [-0.1, -0.05) is 23.7 Å². The number of aromatic nitrogens is 2. The van der Waals surface area contributed by atoms with E-state index in [4.69, 9.17) is 16.3 Å². The summed E-state index contributed by atoms with van der Waals surface area (Å²) in [4.78, 5) is 25.1. The minimum atomic E-state index is -0.893. The van der Waals surface area contributed by atoms with Crippen molar-refractivity contribution in [1.82, 2.24) is 9.78 Å². The van der Waals surface area contributed by atoms with Crippen LogP contribution in [0.1, 0.15) is 18.2 Å². The normalized spacial score (nSPS) is 15.0. The van der Waals surface area contributed by atoms with Crippen molar-refractivity contribution in [2.75, 3.05) is 17.7 Å². The number of carbonyl (C=O) groups is 2. The van der Waals surface area contributed by atoms with Gasteiger partial charge in [-0.15, -0.1) is 0 Å². The molecule has 0 saturated heterocycles. The highest BCUT2D eigenvalue weighted by Crippen LogP contribution is 2.39. The molecular formula is C21H17ClF2N4O3. The van der Waals surface area contributed by atoms with E-state index in [1.807, 2.05) is 0 Å². The topological polar surface area (TPSA) is 85.2 Å². The summed E-state index contributed by atoms with van der Waals surface area (Å²) in [5, 5.41) is 9.69. The summed E-state index contributed by atoms with van der Waals surface area (Å²) < 4.78 is 33.3. The van der Waals surface area contributed by atoms with E-state index in [0.29, 0.717) is 28.3 Å². The number of halogens is 3. The van der Waals surface area contributed by atoms with Gasteiger partial charge in [-0.25, -0.2) is 13.5 Å². The molecule has 2 aromatic carbocycles. The van der Waals surface area contributed by atoms with Crippen LogP contribution < -0.4 is 10.6 Å². The molecule has 1 atom stereocenters. The zero-order valence-electron chi connectivity index (χ0n) is 16.3. The van der Waals surface area contributed by atoms with Crippen LogP contribution in [-0.4, -0.2) is 28.7 Å². The molecule has 1 unspecified atom stereocenters. The molecule has 3 aromatic rings. The number of nitrogens with zero attached hydrogens (tertiary/aromatic N) is 2. The lowest BCUT2D eigenvalue weighted by molar-refractivity contribution is -0.123. The lowest BCUT2D eigenvalue weighted by Gasteiger charge is -2.10. The van der Waals surface area contributed by atoms with Crippen LogP contribution in [0, 0.1) is 11.6 Å². The third-order valence-corrected chi connectivity index (χ3v) is 5.11. The molecule has 0 radical (unpaired) electrons. The molecule has 0 aliphatic carbocycles. The second-order valence-corrected chi connectivity index (χ2v) is 7.35. The Bertz CT molecular complexity index is 1160. The van der Waals surface area contributed by atoms with E-state index in [1.54, 1.807) is 12.1 Å². The first-order valence-electron chi connectivity index (χ1n) is 9.29. The maximum atomic E-state index is 13.4. The molecule has 2 amide bonds. The van der Waals surface area contributed by atoms with Gasteiger partial charge in [0, 0.05) is 18.4 Å². The first kappa shape index (κ1) is 21.0. The first-order valence-corrected chi connectivity index (χ1v) is 9.67. The van der Waals surface area contributed by atoms with E-state index >= 15 is 0 Å². The standard InChI is InChI=1S/C21H17ClF2N4O3/c1-31-10-16-19(11-2-4-12(23)5-3-11)20-26-21(30)17(28(20)27-16)9-18(29)25-13-6-7-15(24)14(22)8-13/h2-8,17H,9-10H2,1H3,(H,25,29)(H,26,30). The maximum Gasteiger partial charge on any atom is 0.251 e. The number of rotatable bonds is 6. The molecule has 1 aliphatic rings. The van der Waals surface area contributed by atoms with Crippen molar-refractivity contribution in [2.45, 2.75) is 19.1 Å². The van der Waals surface area contributed by atoms with Crippen molar-refractivity contribution in [2.24, 2.45) is 0 Å². The number of hydrogen-bond donors (Lipinski definition) is 2. The van der Waals surface area contributed by atoms with Crippen molar-refractivity contribution in [1.29, 1.82) is 0 Å². The number of ether oxygens (including phenoxy) is 1. The predicted molar refractivity (Wildman–Crippen MR) is 111 cm³/mol. The quantitative estimate of drug-likeness (QED) is 0.595. The fourth-order valence-corrected chi connectivity index (χ4v) is 3.62. The summed E-state index contributed by atoms with van der Waals surface area (Å²) in [6.07, 6.45) is -0.204. The van der Waals surface area contributed by atoms with Crippen LogP contribution in [0.2, 0.25) is 5.02 Å². The Kier molecular flexibility index (Phi) is 5.71. The number of benzene rings is 2. The van der Waals surface area contributed by atoms with Crippen LogP contribution in [-0.2, 0) is 20.9 Å². The fraction of sp³-hybridized carbons (Fsp3) is 0.190. The molecule has 0 bridgehead atoms. The average molecular weight is 447 g/mol. The largest absolute Gasteiger partial charge is 0.378 e. The van der Waals surface area contributed by atoms with E-state index in [1.165, 1.54) is 36.1 Å². The van der Waals surface area contributed by atoms with E-state index in [9.17, 15) is 18.4 Å². The van der Waals surface area contributed by atoms with Crippen LogP contribution in [0.4, 0.5) is 20.3 Å². The smallest absolute Gasteiger partial charge is 0.251 e. The molecule has 2 heterocycles. The molecule has 0 saturated carbocycles. The van der Waals surface area contributed by atoms with Gasteiger partial charge < -0.3 is 15.4 Å². The van der Waals surface area contributed by atoms with Crippen molar-refractivity contribution in [3.8, 4) is 11.1 Å². The molecule has 10 heteroatoms. The van der Waals surface area contributed by atoms with Crippen molar-refractivity contribution >= 4 is 34.9 Å². The average Bonchev–Trinajstić information content (AvgIpc) is 3.21. The van der Waals surface area contributed by atoms with Crippen LogP contribution >= 0.6 is 11.6 Å². The Morgan fingerprint density at radius 3 is 2.68 bits per heavy atom. The summed E-state index contributed by atoms with van der Waals surface area (Å²) in [6.45, 7) is 0.162. The van der Waals surface area contributed by atoms with Gasteiger partial charge in [0.05, 0.1) is 23.7 Å². The Morgan fingerprint density at radius 2 is 2.00 bits per heavy atom. The molecule has 1 aliphatic heterocycles. The molecule has 7 nitrogen and oxygen atoms in total. The second-order valence-electron chi connectivity index (χ2n) is 6.94. The summed E-state index contributed by atoms with van der Waals surface area (Å²) in [5.74, 6) is -1.45. The molecule has 4 rings (SSSR count). The predicted octanol–water partition coefficient (Wildman–Crippen LogP) is 4.15. The monoisotopic (exact) mass is 446 g/mol. The van der Waals surface area contributed by atoms with Gasteiger partial charge in [-0.2, -0.15) is 5.10 Å². The Labute approximate surface area is 181 Å². The second kappa shape index (κ2) is 8.44. The van der Waals surface area contributed by atoms with Gasteiger partial charge in [0.2, 0.25) is 5.91 Å². The summed E-state index contributed by atoms with van der Waals surface area (Å²) in [5.41, 5.74) is 2.10. The van der Waals surface area contributed by atoms with Gasteiger partial charge >= 0.3 is 0 Å². The van der Waals surface area contributed by atoms with Gasteiger partial charge in [-0.05, 0) is 35.9 Å². The summed E-state index contributed by atoms with van der Waals surface area (Å²) in [7, 11) is 1.51. The Hall–Kier alpha value is -3.30. The molecule has 160 valence electrons. The van der Waals surface area contributed by atoms with Crippen LogP contribution in [0.15, 0.2) is 42.5 Å². The maximum absolute atomic E-state index is 13.4. The summed E-state index contributed by atoms with van der Waals surface area (Å²) >= 11 is 5.74. The Morgan fingerprint density at radius 1 is 1.26 bits per heavy atom. The van der Waals surface area contributed by atoms with Crippen molar-refractivity contribution in [3.05, 3.63) is 64.8 Å². The minimum Gasteiger partial charge on any atom is -0.378 e. The molecule has 1 aromatic heterocycles. The third-order valence-electron chi connectivity index (χ3n) is 4.82. The minimum absolute atomic E-state index is 0.126. The number of methoxy groups -OCH3 is 1. The van der Waals surface area contributed by atoms with E-state index in [2.05, 4.69) is 15.7 Å². The molecule has 31 heavy (non-hydrogen) atoms. The lowest BCUT2D eigenvalue weighted by atomic mass is 10.1. The van der Waals surface area contributed by atoms with Gasteiger partial charge in [0.25, 0.3) is 5.91 Å².